The number of carbonyl (C=O) groups excluding carboxylic acids is 4. The summed E-state index contributed by atoms with van der Waals surface area (Å²) in [6.07, 6.45) is 4.72. The maximum atomic E-state index is 13.4. The summed E-state index contributed by atoms with van der Waals surface area (Å²) in [5, 5.41) is 13.7. The largest absolute Gasteiger partial charge is 0.497 e. The number of likely N-dealkylation sites (tertiary alicyclic amines) is 1. The number of amides is 3. The average Bonchev–Trinajstić information content (AvgIpc) is 3.60. The van der Waals surface area contributed by atoms with Crippen LogP contribution in [0, 0.1) is 33.8 Å². The SMILES string of the molecule is COc1ccc([N+](=O)[O-])c(NC(=O)COC(=O)[C@@H](Cc2ccccc2)N2C(=O)[C@@H]3[C@H](C2=O)[C@H]2C=C[C@H]3C2)c1. The molecular formula is C27H25N3O8. The van der Waals surface area contributed by atoms with Crippen LogP contribution in [0.25, 0.3) is 0 Å². The first-order valence-corrected chi connectivity index (χ1v) is 12.2. The number of hydrogen-bond donors (Lipinski definition) is 1. The third-order valence-corrected chi connectivity index (χ3v) is 7.38. The van der Waals surface area contributed by atoms with E-state index in [1.54, 1.807) is 30.3 Å². The number of nitro benzene ring substituents is 1. The molecule has 1 saturated heterocycles. The summed E-state index contributed by atoms with van der Waals surface area (Å²) in [4.78, 5) is 64.3. The fourth-order valence-corrected chi connectivity index (χ4v) is 5.67. The van der Waals surface area contributed by atoms with E-state index in [4.69, 9.17) is 9.47 Å². The molecule has 2 aromatic rings. The Morgan fingerprint density at radius 2 is 1.74 bits per heavy atom. The molecule has 5 atom stereocenters. The molecule has 2 aromatic carbocycles. The molecule has 0 unspecified atom stereocenters. The highest BCUT2D eigenvalue weighted by molar-refractivity contribution is 6.09. The lowest BCUT2D eigenvalue weighted by atomic mass is 9.85. The molecule has 1 N–H and O–H groups in total. The smallest absolute Gasteiger partial charge is 0.330 e. The highest BCUT2D eigenvalue weighted by Crippen LogP contribution is 2.53. The highest BCUT2D eigenvalue weighted by atomic mass is 16.6. The Hall–Kier alpha value is -4.54. The lowest BCUT2D eigenvalue weighted by Gasteiger charge is -2.26. The summed E-state index contributed by atoms with van der Waals surface area (Å²) < 4.78 is 10.3. The predicted octanol–water partition coefficient (Wildman–Crippen LogP) is 2.50. The third-order valence-electron chi connectivity index (χ3n) is 7.38. The van der Waals surface area contributed by atoms with E-state index in [0.717, 1.165) is 11.3 Å². The third kappa shape index (κ3) is 4.51. The second kappa shape index (κ2) is 10.1. The van der Waals surface area contributed by atoms with Gasteiger partial charge in [-0.3, -0.25) is 29.4 Å². The first-order valence-electron chi connectivity index (χ1n) is 12.2. The molecule has 0 spiro atoms. The molecule has 0 radical (unpaired) electrons. The van der Waals surface area contributed by atoms with Gasteiger partial charge in [0, 0.05) is 18.6 Å². The molecular weight excluding hydrogens is 494 g/mol. The summed E-state index contributed by atoms with van der Waals surface area (Å²) in [6, 6.07) is 11.5. The van der Waals surface area contributed by atoms with Gasteiger partial charge in [0.15, 0.2) is 6.61 Å². The minimum absolute atomic E-state index is 0.0238. The van der Waals surface area contributed by atoms with Crippen molar-refractivity contribution in [3.8, 4) is 5.75 Å². The predicted molar refractivity (Wildman–Crippen MR) is 133 cm³/mol. The zero-order valence-corrected chi connectivity index (χ0v) is 20.4. The number of ether oxygens (including phenoxy) is 2. The number of nitrogens with one attached hydrogen (secondary N) is 1. The first-order chi connectivity index (χ1) is 18.3. The van der Waals surface area contributed by atoms with E-state index in [1.165, 1.54) is 25.3 Å². The number of fused-ring (bicyclic) bond motifs is 5. The Balaban J connectivity index is 1.32. The van der Waals surface area contributed by atoms with Crippen LogP contribution in [0.2, 0.25) is 0 Å². The monoisotopic (exact) mass is 519 g/mol. The number of nitrogens with zero attached hydrogens (tertiary/aromatic N) is 2. The van der Waals surface area contributed by atoms with E-state index in [2.05, 4.69) is 5.32 Å². The van der Waals surface area contributed by atoms with Gasteiger partial charge in [-0.25, -0.2) is 4.79 Å². The lowest BCUT2D eigenvalue weighted by molar-refractivity contribution is -0.383. The second-order valence-corrected chi connectivity index (χ2v) is 9.55. The van der Waals surface area contributed by atoms with Crippen molar-refractivity contribution in [1.29, 1.82) is 0 Å². The summed E-state index contributed by atoms with van der Waals surface area (Å²) in [5.74, 6) is -3.27. The van der Waals surface area contributed by atoms with Crippen molar-refractivity contribution in [2.75, 3.05) is 19.0 Å². The number of esters is 1. The zero-order chi connectivity index (χ0) is 27.0. The molecule has 1 saturated carbocycles. The summed E-state index contributed by atoms with van der Waals surface area (Å²) in [5.41, 5.74) is 0.220. The van der Waals surface area contributed by atoms with Gasteiger partial charge in [-0.1, -0.05) is 42.5 Å². The molecule has 2 fully saturated rings. The van der Waals surface area contributed by atoms with Crippen LogP contribution in [0.5, 0.6) is 5.75 Å². The minimum Gasteiger partial charge on any atom is -0.497 e. The van der Waals surface area contributed by atoms with Crippen LogP contribution in [0.15, 0.2) is 60.7 Å². The fourth-order valence-electron chi connectivity index (χ4n) is 5.67. The van der Waals surface area contributed by atoms with Gasteiger partial charge >= 0.3 is 5.97 Å². The Kier molecular flexibility index (Phi) is 6.66. The van der Waals surface area contributed by atoms with Crippen molar-refractivity contribution < 1.29 is 33.6 Å². The fraction of sp³-hybridized carbons (Fsp3) is 0.333. The molecule has 3 aliphatic rings. The molecule has 0 aromatic heterocycles. The first kappa shape index (κ1) is 25.1. The molecule has 2 bridgehead atoms. The van der Waals surface area contributed by atoms with Crippen LogP contribution in [-0.2, 0) is 30.3 Å². The number of allylic oxidation sites excluding steroid dienone is 2. The van der Waals surface area contributed by atoms with Crippen molar-refractivity contribution in [3.05, 3.63) is 76.4 Å². The normalized spacial score (nSPS) is 23.8. The maximum Gasteiger partial charge on any atom is 0.330 e. The van der Waals surface area contributed by atoms with E-state index < -0.39 is 53.1 Å². The van der Waals surface area contributed by atoms with Crippen molar-refractivity contribution >= 4 is 35.1 Å². The Bertz CT molecular complexity index is 1310. The molecule has 2 aliphatic carbocycles. The van der Waals surface area contributed by atoms with Crippen molar-refractivity contribution in [2.24, 2.45) is 23.7 Å². The lowest BCUT2D eigenvalue weighted by Crippen LogP contribution is -2.48. The number of hydrogen-bond acceptors (Lipinski definition) is 8. The van der Waals surface area contributed by atoms with Gasteiger partial charge < -0.3 is 14.8 Å². The number of carbonyl (C=O) groups is 4. The average molecular weight is 520 g/mol. The molecule has 196 valence electrons. The molecule has 38 heavy (non-hydrogen) atoms. The van der Waals surface area contributed by atoms with Gasteiger partial charge in [0.25, 0.3) is 11.6 Å². The van der Waals surface area contributed by atoms with Gasteiger partial charge in [-0.15, -0.1) is 0 Å². The van der Waals surface area contributed by atoms with Gasteiger partial charge in [0.2, 0.25) is 11.8 Å². The topological polar surface area (TPSA) is 145 Å². The summed E-state index contributed by atoms with van der Waals surface area (Å²) >= 11 is 0. The number of benzene rings is 2. The number of nitro groups is 1. The van der Waals surface area contributed by atoms with E-state index in [9.17, 15) is 29.3 Å². The quantitative estimate of drug-likeness (QED) is 0.175. The minimum atomic E-state index is -1.25. The Labute approximate surface area is 217 Å². The van der Waals surface area contributed by atoms with Gasteiger partial charge in [0.05, 0.1) is 23.9 Å². The standard InChI is InChI=1S/C27H25N3O8/c1-37-18-9-10-20(30(35)36)19(13-18)28-22(31)14-38-27(34)21(11-15-5-3-2-4-6-15)29-25(32)23-16-7-8-17(12-16)24(23)26(29)33/h2-10,13,16-17,21,23-24H,11-12,14H2,1H3,(H,28,31)/t16-,17-,21+,23-,24+/m0/s1. The molecule has 1 heterocycles. The number of rotatable bonds is 9. The van der Waals surface area contributed by atoms with E-state index in [1.807, 2.05) is 12.2 Å². The van der Waals surface area contributed by atoms with Crippen LogP contribution >= 0.6 is 0 Å². The van der Waals surface area contributed by atoms with Crippen molar-refractivity contribution in [1.82, 2.24) is 4.90 Å². The Morgan fingerprint density at radius 1 is 1.08 bits per heavy atom. The highest BCUT2D eigenvalue weighted by Gasteiger charge is 2.61. The summed E-state index contributed by atoms with van der Waals surface area (Å²) in [7, 11) is 1.37. The second-order valence-electron chi connectivity index (χ2n) is 9.55. The molecule has 11 heteroatoms. The van der Waals surface area contributed by atoms with Crippen LogP contribution in [0.3, 0.4) is 0 Å². The van der Waals surface area contributed by atoms with Crippen LogP contribution < -0.4 is 10.1 Å². The van der Waals surface area contributed by atoms with E-state index in [-0.39, 0.29) is 35.4 Å². The molecule has 5 rings (SSSR count). The summed E-state index contributed by atoms with van der Waals surface area (Å²) in [6.45, 7) is -0.769. The number of imide groups is 1. The van der Waals surface area contributed by atoms with Gasteiger partial charge in [-0.05, 0) is 29.9 Å². The van der Waals surface area contributed by atoms with E-state index in [0.29, 0.717) is 5.56 Å². The zero-order valence-electron chi connectivity index (χ0n) is 20.4. The van der Waals surface area contributed by atoms with Crippen molar-refractivity contribution in [3.63, 3.8) is 0 Å². The van der Waals surface area contributed by atoms with Crippen LogP contribution in [-0.4, -0.2) is 53.3 Å². The maximum absolute atomic E-state index is 13.4. The van der Waals surface area contributed by atoms with Crippen LogP contribution in [0.1, 0.15) is 12.0 Å². The van der Waals surface area contributed by atoms with Crippen molar-refractivity contribution in [2.45, 2.75) is 18.9 Å². The molecule has 1 aliphatic heterocycles. The molecule has 11 nitrogen and oxygen atoms in total. The number of methoxy groups -OCH3 is 1. The van der Waals surface area contributed by atoms with E-state index >= 15 is 0 Å². The Morgan fingerprint density at radius 3 is 2.34 bits per heavy atom. The number of anilines is 1. The van der Waals surface area contributed by atoms with Crippen LogP contribution in [0.4, 0.5) is 11.4 Å². The molecule has 3 amide bonds. The van der Waals surface area contributed by atoms with Gasteiger partial charge in [-0.2, -0.15) is 0 Å². The van der Waals surface area contributed by atoms with Gasteiger partial charge in [0.1, 0.15) is 17.5 Å².